The molecule has 2 N–H and O–H groups in total. The molecule has 0 bridgehead atoms. The van der Waals surface area contributed by atoms with Crippen LogP contribution in [0.25, 0.3) is 0 Å². The third kappa shape index (κ3) is 2.66. The van der Waals surface area contributed by atoms with Gasteiger partial charge in [0.05, 0.1) is 30.7 Å². The molecule has 1 rings (SSSR count). The van der Waals surface area contributed by atoms with Crippen molar-refractivity contribution in [2.45, 2.75) is 20.1 Å². The maximum atomic E-state index is 11.6. The highest BCUT2D eigenvalue weighted by Crippen LogP contribution is 2.08. The number of anilines is 1. The highest BCUT2D eigenvalue weighted by Gasteiger charge is 2.04. The number of halogens is 2. The van der Waals surface area contributed by atoms with Crippen molar-refractivity contribution in [2.75, 3.05) is 12.3 Å². The molecule has 4 nitrogen and oxygen atoms in total. The zero-order valence-electron chi connectivity index (χ0n) is 7.20. The number of hydrogen-bond acceptors (Lipinski definition) is 3. The molecule has 0 unspecified atom stereocenters. The van der Waals surface area contributed by atoms with Gasteiger partial charge in [0.25, 0.3) is 0 Å². The van der Waals surface area contributed by atoms with Crippen LogP contribution >= 0.6 is 0 Å². The molecule has 1 aromatic heterocycles. The molecule has 0 saturated heterocycles. The van der Waals surface area contributed by atoms with Gasteiger partial charge >= 0.3 is 6.61 Å². The summed E-state index contributed by atoms with van der Waals surface area (Å²) in [7, 11) is 0. The number of nitrogen functional groups attached to an aromatic ring is 1. The molecule has 6 heteroatoms. The maximum absolute atomic E-state index is 11.6. The molecule has 0 atom stereocenters. The average molecular weight is 191 g/mol. The van der Waals surface area contributed by atoms with E-state index in [1.165, 1.54) is 10.9 Å². The summed E-state index contributed by atoms with van der Waals surface area (Å²) in [5.41, 5.74) is 6.81. The molecular weight excluding hydrogens is 180 g/mol. The molecule has 0 saturated carbocycles. The van der Waals surface area contributed by atoms with Gasteiger partial charge in [-0.05, 0) is 6.92 Å². The normalized spacial score (nSPS) is 11.1. The number of rotatable bonds is 4. The maximum Gasteiger partial charge on any atom is 0.345 e. The summed E-state index contributed by atoms with van der Waals surface area (Å²) >= 11 is 0. The van der Waals surface area contributed by atoms with Crippen molar-refractivity contribution in [3.8, 4) is 0 Å². The van der Waals surface area contributed by atoms with Gasteiger partial charge in [-0.25, -0.2) is 0 Å². The van der Waals surface area contributed by atoms with E-state index >= 15 is 0 Å². The molecule has 0 spiro atoms. The van der Waals surface area contributed by atoms with Crippen LogP contribution in [0.4, 0.5) is 14.5 Å². The van der Waals surface area contributed by atoms with Crippen molar-refractivity contribution in [2.24, 2.45) is 0 Å². The Morgan fingerprint density at radius 2 is 2.38 bits per heavy atom. The van der Waals surface area contributed by atoms with Crippen LogP contribution in [-0.2, 0) is 11.3 Å². The van der Waals surface area contributed by atoms with E-state index in [4.69, 9.17) is 5.73 Å². The molecule has 0 aliphatic heterocycles. The van der Waals surface area contributed by atoms with Gasteiger partial charge in [-0.1, -0.05) is 0 Å². The molecule has 0 radical (unpaired) electrons. The van der Waals surface area contributed by atoms with Crippen LogP contribution in [0.1, 0.15) is 5.69 Å². The number of ether oxygens (including phenoxy) is 1. The summed E-state index contributed by atoms with van der Waals surface area (Å²) < 4.78 is 28.7. The van der Waals surface area contributed by atoms with Crippen molar-refractivity contribution in [1.82, 2.24) is 9.78 Å². The largest absolute Gasteiger partial charge is 0.396 e. The van der Waals surface area contributed by atoms with Crippen LogP contribution in [0.5, 0.6) is 0 Å². The summed E-state index contributed by atoms with van der Waals surface area (Å²) in [4.78, 5) is 0. The van der Waals surface area contributed by atoms with Gasteiger partial charge in [0.2, 0.25) is 0 Å². The molecule has 0 aliphatic rings. The summed E-state index contributed by atoms with van der Waals surface area (Å²) in [5.74, 6) is 0. The summed E-state index contributed by atoms with van der Waals surface area (Å²) in [6.07, 6.45) is 1.48. The number of alkyl halides is 2. The first kappa shape index (κ1) is 9.91. The van der Waals surface area contributed by atoms with Crippen molar-refractivity contribution in [3.63, 3.8) is 0 Å². The van der Waals surface area contributed by atoms with Crippen LogP contribution < -0.4 is 5.73 Å². The first-order valence-corrected chi connectivity index (χ1v) is 3.79. The second kappa shape index (κ2) is 4.18. The first-order chi connectivity index (χ1) is 6.11. The van der Waals surface area contributed by atoms with Crippen molar-refractivity contribution < 1.29 is 13.5 Å². The van der Waals surface area contributed by atoms with Gasteiger partial charge in [0, 0.05) is 0 Å². The predicted molar refractivity (Wildman–Crippen MR) is 43.3 cm³/mol. The van der Waals surface area contributed by atoms with E-state index < -0.39 is 6.61 Å². The number of nitrogens with two attached hydrogens (primary N) is 1. The lowest BCUT2D eigenvalue weighted by atomic mass is 10.4. The van der Waals surface area contributed by atoms with E-state index in [0.29, 0.717) is 5.69 Å². The molecule has 13 heavy (non-hydrogen) atoms. The Hall–Kier alpha value is -1.17. The van der Waals surface area contributed by atoms with Gasteiger partial charge in [0.1, 0.15) is 0 Å². The zero-order chi connectivity index (χ0) is 9.84. The summed E-state index contributed by atoms with van der Waals surface area (Å²) in [5, 5.41) is 3.88. The Bertz CT molecular complexity index is 275. The van der Waals surface area contributed by atoms with Crippen molar-refractivity contribution in [1.29, 1.82) is 0 Å². The molecular formula is C7H11F2N3O. The standard InChI is InChI=1S/C7H11F2N3O/c1-5-6(10)4-11-12(5)2-3-13-7(8)9/h4,7H,2-3,10H2,1H3. The Labute approximate surface area is 74.3 Å². The number of aromatic nitrogens is 2. The monoisotopic (exact) mass is 191 g/mol. The lowest BCUT2D eigenvalue weighted by Crippen LogP contribution is -2.11. The third-order valence-corrected chi connectivity index (χ3v) is 1.69. The average Bonchev–Trinajstić information content (AvgIpc) is 2.35. The SMILES string of the molecule is Cc1c(N)cnn1CCOC(F)F. The fraction of sp³-hybridized carbons (Fsp3) is 0.571. The van der Waals surface area contributed by atoms with Crippen LogP contribution in [0.3, 0.4) is 0 Å². The van der Waals surface area contributed by atoms with Crippen LogP contribution in [0, 0.1) is 6.92 Å². The third-order valence-electron chi connectivity index (χ3n) is 1.69. The smallest absolute Gasteiger partial charge is 0.345 e. The van der Waals surface area contributed by atoms with E-state index in [0.717, 1.165) is 5.69 Å². The Kier molecular flexibility index (Phi) is 3.18. The lowest BCUT2D eigenvalue weighted by molar-refractivity contribution is -0.130. The Morgan fingerprint density at radius 1 is 1.69 bits per heavy atom. The van der Waals surface area contributed by atoms with Crippen molar-refractivity contribution >= 4 is 5.69 Å². The van der Waals surface area contributed by atoms with E-state index in [1.807, 2.05) is 0 Å². The molecule has 0 aromatic carbocycles. The summed E-state index contributed by atoms with van der Waals surface area (Å²) in [6, 6.07) is 0. The lowest BCUT2D eigenvalue weighted by Gasteiger charge is -2.04. The van der Waals surface area contributed by atoms with Gasteiger partial charge in [-0.2, -0.15) is 13.9 Å². The molecule has 1 heterocycles. The van der Waals surface area contributed by atoms with E-state index in [-0.39, 0.29) is 13.2 Å². The Morgan fingerprint density at radius 3 is 2.85 bits per heavy atom. The molecule has 1 aromatic rings. The van der Waals surface area contributed by atoms with Gasteiger partial charge in [-0.3, -0.25) is 4.68 Å². The number of hydrogen-bond donors (Lipinski definition) is 1. The fourth-order valence-electron chi connectivity index (χ4n) is 0.915. The van der Waals surface area contributed by atoms with Crippen LogP contribution in [0.2, 0.25) is 0 Å². The molecule has 74 valence electrons. The summed E-state index contributed by atoms with van der Waals surface area (Å²) in [6.45, 7) is -0.745. The first-order valence-electron chi connectivity index (χ1n) is 3.79. The highest BCUT2D eigenvalue weighted by atomic mass is 19.3. The zero-order valence-corrected chi connectivity index (χ0v) is 7.20. The van der Waals surface area contributed by atoms with Gasteiger partial charge in [-0.15, -0.1) is 0 Å². The van der Waals surface area contributed by atoms with Crippen LogP contribution in [0.15, 0.2) is 6.20 Å². The van der Waals surface area contributed by atoms with E-state index in [2.05, 4.69) is 9.84 Å². The minimum Gasteiger partial charge on any atom is -0.396 e. The van der Waals surface area contributed by atoms with Crippen LogP contribution in [-0.4, -0.2) is 23.0 Å². The van der Waals surface area contributed by atoms with Gasteiger partial charge < -0.3 is 10.5 Å². The fourth-order valence-corrected chi connectivity index (χ4v) is 0.915. The Balaban J connectivity index is 2.41. The topological polar surface area (TPSA) is 53.1 Å². The second-order valence-electron chi connectivity index (χ2n) is 2.54. The quantitative estimate of drug-likeness (QED) is 0.772. The predicted octanol–water partition coefficient (Wildman–Crippen LogP) is 1.01. The minimum atomic E-state index is -2.73. The van der Waals surface area contributed by atoms with E-state index in [9.17, 15) is 8.78 Å². The van der Waals surface area contributed by atoms with E-state index in [1.54, 1.807) is 6.92 Å². The highest BCUT2D eigenvalue weighted by molar-refractivity contribution is 5.39. The molecule has 0 fully saturated rings. The minimum absolute atomic E-state index is 0.0698. The van der Waals surface area contributed by atoms with Gasteiger partial charge in [0.15, 0.2) is 0 Å². The molecule has 0 aliphatic carbocycles. The number of nitrogens with zero attached hydrogens (tertiary/aromatic N) is 2. The van der Waals surface area contributed by atoms with Crippen molar-refractivity contribution in [3.05, 3.63) is 11.9 Å². The molecule has 0 amide bonds. The second-order valence-corrected chi connectivity index (χ2v) is 2.54.